The average Bonchev–Trinajstić information content (AvgIpc) is 3.67. The zero-order valence-electron chi connectivity index (χ0n) is 19.3. The number of hydrogen-bond acceptors (Lipinski definition) is 4. The van der Waals surface area contributed by atoms with Crippen LogP contribution in [0.1, 0.15) is 55.8 Å². The van der Waals surface area contributed by atoms with Gasteiger partial charge in [0.2, 0.25) is 0 Å². The van der Waals surface area contributed by atoms with E-state index < -0.39 is 0 Å². The summed E-state index contributed by atoms with van der Waals surface area (Å²) in [5.74, 6) is 0.649. The molecule has 0 N–H and O–H groups in total. The van der Waals surface area contributed by atoms with E-state index in [2.05, 4.69) is 9.88 Å². The molecule has 1 aromatic carbocycles. The van der Waals surface area contributed by atoms with Gasteiger partial charge < -0.3 is 0 Å². The topological polar surface area (TPSA) is 51.3 Å². The smallest absolute Gasteiger partial charge is 0.156 e. The molecule has 3 fully saturated rings. The van der Waals surface area contributed by atoms with E-state index in [4.69, 9.17) is 10.2 Å². The lowest BCUT2D eigenvalue weighted by Crippen LogP contribution is -2.46. The van der Waals surface area contributed by atoms with Gasteiger partial charge >= 0.3 is 0 Å². The minimum atomic E-state index is -0.282. The van der Waals surface area contributed by atoms with Gasteiger partial charge in [0.25, 0.3) is 0 Å². The maximum atomic E-state index is 15.2. The fourth-order valence-electron chi connectivity index (χ4n) is 5.83. The Morgan fingerprint density at radius 2 is 1.91 bits per heavy atom. The molecule has 0 amide bonds. The van der Waals surface area contributed by atoms with Crippen molar-refractivity contribution in [2.75, 3.05) is 13.1 Å². The van der Waals surface area contributed by atoms with E-state index in [-0.39, 0.29) is 5.82 Å². The van der Waals surface area contributed by atoms with Gasteiger partial charge in [0.15, 0.2) is 11.5 Å². The van der Waals surface area contributed by atoms with Gasteiger partial charge in [-0.3, -0.25) is 9.58 Å². The number of likely N-dealkylation sites (tertiary alicyclic amines) is 1. The van der Waals surface area contributed by atoms with E-state index in [9.17, 15) is 0 Å². The van der Waals surface area contributed by atoms with Crippen molar-refractivity contribution in [2.24, 2.45) is 5.92 Å². The summed E-state index contributed by atoms with van der Waals surface area (Å²) in [5.41, 5.74) is 5.14. The summed E-state index contributed by atoms with van der Waals surface area (Å²) in [6.45, 7) is 6.39. The van der Waals surface area contributed by atoms with E-state index in [1.807, 2.05) is 43.1 Å². The van der Waals surface area contributed by atoms with Crippen molar-refractivity contribution in [3.05, 3.63) is 47.7 Å². The Labute approximate surface area is 192 Å². The number of imidazole rings is 1. The van der Waals surface area contributed by atoms with Gasteiger partial charge in [-0.05, 0) is 82.1 Å². The van der Waals surface area contributed by atoms with E-state index >= 15 is 4.39 Å². The predicted molar refractivity (Wildman–Crippen MR) is 126 cm³/mol. The summed E-state index contributed by atoms with van der Waals surface area (Å²) in [6.07, 6.45) is 11.6. The molecule has 1 aliphatic heterocycles. The standard InChI is InChI=1S/C26H29FN6/c1-16-9-23(29-33-13-17(2)28-25(16)33)19-10-20-15-32(30-24(20)22(27)11-19)21-5-8-31(14-18-3-4-18)26(12-21)6-7-26/h9-11,13,15,18,21H,3-8,12,14H2,1-2H3/t21-/m0/s1. The Hall–Kier alpha value is -2.80. The number of aromatic nitrogens is 5. The highest BCUT2D eigenvalue weighted by Crippen LogP contribution is 2.52. The Bertz CT molecular complexity index is 1390. The van der Waals surface area contributed by atoms with Gasteiger partial charge in [-0.15, -0.1) is 0 Å². The van der Waals surface area contributed by atoms with Crippen LogP contribution in [0.15, 0.2) is 30.6 Å². The molecule has 7 rings (SSSR count). The van der Waals surface area contributed by atoms with Crippen molar-refractivity contribution >= 4 is 16.6 Å². The van der Waals surface area contributed by atoms with Gasteiger partial charge in [0, 0.05) is 35.8 Å². The van der Waals surface area contributed by atoms with E-state index in [0.29, 0.717) is 17.1 Å². The van der Waals surface area contributed by atoms with Gasteiger partial charge in [-0.1, -0.05) is 0 Å². The lowest BCUT2D eigenvalue weighted by molar-refractivity contribution is 0.0882. The van der Waals surface area contributed by atoms with Gasteiger partial charge in [0.1, 0.15) is 5.52 Å². The molecule has 6 nitrogen and oxygen atoms in total. The lowest BCUT2D eigenvalue weighted by atomic mass is 9.94. The summed E-state index contributed by atoms with van der Waals surface area (Å²) >= 11 is 0. The molecule has 3 aliphatic rings. The zero-order chi connectivity index (χ0) is 22.3. The maximum absolute atomic E-state index is 15.2. The molecule has 1 saturated heterocycles. The fraction of sp³-hybridized carbons (Fsp3) is 0.500. The average molecular weight is 445 g/mol. The van der Waals surface area contributed by atoms with Crippen LogP contribution in [0.25, 0.3) is 27.8 Å². The second kappa shape index (κ2) is 6.86. The second-order valence-corrected chi connectivity index (χ2v) is 10.6. The third-order valence-electron chi connectivity index (χ3n) is 8.00. The normalized spacial score (nSPS) is 22.6. The van der Waals surface area contributed by atoms with Crippen molar-refractivity contribution in [3.63, 3.8) is 0 Å². The minimum absolute atomic E-state index is 0.282. The van der Waals surface area contributed by atoms with Gasteiger partial charge in [0.05, 0.1) is 23.6 Å². The Kier molecular flexibility index (Phi) is 4.08. The molecule has 33 heavy (non-hydrogen) atoms. The zero-order valence-corrected chi connectivity index (χ0v) is 19.3. The molecule has 4 aromatic rings. The van der Waals surface area contributed by atoms with Gasteiger partial charge in [-0.2, -0.15) is 10.2 Å². The van der Waals surface area contributed by atoms with E-state index in [1.54, 1.807) is 10.6 Å². The number of aryl methyl sites for hydroxylation is 2. The van der Waals surface area contributed by atoms with E-state index in [1.165, 1.54) is 32.2 Å². The van der Waals surface area contributed by atoms with Crippen molar-refractivity contribution < 1.29 is 4.39 Å². The van der Waals surface area contributed by atoms with Crippen LogP contribution in [-0.4, -0.2) is 47.9 Å². The van der Waals surface area contributed by atoms with Crippen molar-refractivity contribution in [2.45, 2.75) is 64.0 Å². The molecule has 7 heteroatoms. The molecule has 170 valence electrons. The number of rotatable bonds is 4. The highest BCUT2D eigenvalue weighted by Gasteiger charge is 2.52. The van der Waals surface area contributed by atoms with E-state index in [0.717, 1.165) is 58.9 Å². The van der Waals surface area contributed by atoms with Crippen LogP contribution in [0.5, 0.6) is 0 Å². The number of fused-ring (bicyclic) bond motifs is 2. The van der Waals surface area contributed by atoms with Crippen LogP contribution < -0.4 is 0 Å². The lowest BCUT2D eigenvalue weighted by Gasteiger charge is -2.40. The molecule has 2 saturated carbocycles. The van der Waals surface area contributed by atoms with Crippen LogP contribution in [0.3, 0.4) is 0 Å². The van der Waals surface area contributed by atoms with Gasteiger partial charge in [-0.25, -0.2) is 13.9 Å². The summed E-state index contributed by atoms with van der Waals surface area (Å²) in [7, 11) is 0. The molecule has 1 atom stereocenters. The van der Waals surface area contributed by atoms with Crippen LogP contribution in [0.4, 0.5) is 4.39 Å². The van der Waals surface area contributed by atoms with Crippen LogP contribution in [0, 0.1) is 25.6 Å². The number of benzene rings is 1. The highest BCUT2D eigenvalue weighted by molar-refractivity contribution is 5.84. The monoisotopic (exact) mass is 444 g/mol. The third kappa shape index (κ3) is 3.28. The first-order chi connectivity index (χ1) is 16.0. The molecule has 2 aliphatic carbocycles. The quantitative estimate of drug-likeness (QED) is 0.440. The molecule has 1 spiro atoms. The molecule has 0 radical (unpaired) electrons. The number of piperidine rings is 1. The van der Waals surface area contributed by atoms with Crippen LogP contribution >= 0.6 is 0 Å². The van der Waals surface area contributed by atoms with Crippen LogP contribution in [-0.2, 0) is 0 Å². The highest BCUT2D eigenvalue weighted by atomic mass is 19.1. The first kappa shape index (κ1) is 19.6. The predicted octanol–water partition coefficient (Wildman–Crippen LogP) is 5.08. The SMILES string of the molecule is Cc1cn2nc(-c3cc(F)c4nn([C@H]5CCN(CC6CC6)C6(CC6)C5)cc4c3)cc(C)c2n1. The maximum Gasteiger partial charge on any atom is 0.156 e. The molecule has 4 heterocycles. The number of halogens is 1. The Balaban J connectivity index is 1.21. The largest absolute Gasteiger partial charge is 0.297 e. The molecule has 3 aromatic heterocycles. The van der Waals surface area contributed by atoms with Crippen LogP contribution in [0.2, 0.25) is 0 Å². The van der Waals surface area contributed by atoms with Crippen molar-refractivity contribution in [1.29, 1.82) is 0 Å². The third-order valence-corrected chi connectivity index (χ3v) is 8.00. The summed E-state index contributed by atoms with van der Waals surface area (Å²) < 4.78 is 19.0. The van der Waals surface area contributed by atoms with Crippen molar-refractivity contribution in [1.82, 2.24) is 29.3 Å². The molecule has 0 unspecified atom stereocenters. The van der Waals surface area contributed by atoms with Crippen molar-refractivity contribution in [3.8, 4) is 11.3 Å². The number of hydrogen-bond donors (Lipinski definition) is 0. The molecular formula is C26H29FN6. The Morgan fingerprint density at radius 3 is 2.70 bits per heavy atom. The summed E-state index contributed by atoms with van der Waals surface area (Å²) in [5, 5.41) is 10.3. The summed E-state index contributed by atoms with van der Waals surface area (Å²) in [6, 6.07) is 5.93. The fourth-order valence-corrected chi connectivity index (χ4v) is 5.83. The minimum Gasteiger partial charge on any atom is -0.297 e. The molecule has 0 bridgehead atoms. The summed E-state index contributed by atoms with van der Waals surface area (Å²) in [4.78, 5) is 7.28. The molecular weight excluding hydrogens is 415 g/mol. The number of nitrogens with zero attached hydrogens (tertiary/aromatic N) is 6. The first-order valence-electron chi connectivity index (χ1n) is 12.2. The first-order valence-corrected chi connectivity index (χ1v) is 12.2. The second-order valence-electron chi connectivity index (χ2n) is 10.6. The Morgan fingerprint density at radius 1 is 1.06 bits per heavy atom.